The summed E-state index contributed by atoms with van der Waals surface area (Å²) in [5.41, 5.74) is 10.3. The maximum Gasteiger partial charge on any atom is 0.410 e. The van der Waals surface area contributed by atoms with E-state index >= 15 is 0 Å². The number of carbonyl (C=O) groups is 2. The van der Waals surface area contributed by atoms with E-state index in [9.17, 15) is 9.59 Å². The van der Waals surface area contributed by atoms with Crippen molar-refractivity contribution in [3.05, 3.63) is 47.4 Å². The molecule has 47 heavy (non-hydrogen) atoms. The van der Waals surface area contributed by atoms with Crippen molar-refractivity contribution in [2.75, 3.05) is 61.7 Å². The highest BCUT2D eigenvalue weighted by Crippen LogP contribution is 2.44. The number of esters is 1. The summed E-state index contributed by atoms with van der Waals surface area (Å²) >= 11 is 0. The number of aromatic nitrogens is 3. The van der Waals surface area contributed by atoms with Gasteiger partial charge in [0, 0.05) is 57.1 Å². The van der Waals surface area contributed by atoms with Gasteiger partial charge >= 0.3 is 12.1 Å². The van der Waals surface area contributed by atoms with Gasteiger partial charge in [-0.05, 0) is 59.7 Å². The topological polar surface area (TPSA) is 148 Å². The molecule has 0 atom stereocenters. The fourth-order valence-corrected chi connectivity index (χ4v) is 5.22. The van der Waals surface area contributed by atoms with Crippen molar-refractivity contribution in [3.8, 4) is 5.75 Å². The predicted octanol–water partition coefficient (Wildman–Crippen LogP) is 5.81. The van der Waals surface area contributed by atoms with E-state index in [4.69, 9.17) is 29.9 Å². The number of hydrogen-bond donors (Lipinski definition) is 2. The molecule has 0 unspecified atom stereocenters. The van der Waals surface area contributed by atoms with Crippen LogP contribution in [0.3, 0.4) is 0 Å². The van der Waals surface area contributed by atoms with Crippen LogP contribution in [0.4, 0.5) is 39.3 Å². The van der Waals surface area contributed by atoms with E-state index in [0.717, 1.165) is 22.8 Å². The number of hydrogen-bond acceptors (Lipinski definition) is 12. The third kappa shape index (κ3) is 8.13. The Morgan fingerprint density at radius 1 is 1.13 bits per heavy atom. The van der Waals surface area contributed by atoms with E-state index in [1.54, 1.807) is 34.1 Å². The lowest BCUT2D eigenvalue weighted by Crippen LogP contribution is -2.38. The first kappa shape index (κ1) is 35.1. The normalized spacial score (nSPS) is 13.7. The fourth-order valence-electron chi connectivity index (χ4n) is 5.22. The van der Waals surface area contributed by atoms with Crippen LogP contribution in [0.25, 0.3) is 0 Å². The molecule has 0 fully saturated rings. The number of likely N-dealkylation sites (N-methyl/N-ethyl adjacent to an activating group) is 2. The van der Waals surface area contributed by atoms with Crippen molar-refractivity contribution >= 4 is 46.6 Å². The van der Waals surface area contributed by atoms with Gasteiger partial charge in [-0.1, -0.05) is 13.8 Å². The summed E-state index contributed by atoms with van der Waals surface area (Å²) < 4.78 is 16.7. The molecule has 0 radical (unpaired) electrons. The van der Waals surface area contributed by atoms with Crippen LogP contribution in [-0.2, 0) is 14.9 Å². The highest BCUT2D eigenvalue weighted by atomic mass is 16.6. The van der Waals surface area contributed by atoms with Gasteiger partial charge in [0.2, 0.25) is 5.95 Å². The van der Waals surface area contributed by atoms with Crippen LogP contribution in [0.2, 0.25) is 0 Å². The first-order valence-corrected chi connectivity index (χ1v) is 15.6. The van der Waals surface area contributed by atoms with Gasteiger partial charge in [-0.2, -0.15) is 4.98 Å². The monoisotopic (exact) mass is 648 g/mol. The molecule has 0 aliphatic carbocycles. The van der Waals surface area contributed by atoms with Gasteiger partial charge in [-0.25, -0.2) is 14.6 Å². The molecular formula is C34H48N8O5. The Bertz CT molecular complexity index is 1640. The minimum absolute atomic E-state index is 0.241. The molecule has 1 aliphatic rings. The van der Waals surface area contributed by atoms with E-state index in [-0.39, 0.29) is 23.0 Å². The molecule has 0 bridgehead atoms. The van der Waals surface area contributed by atoms with Gasteiger partial charge in [-0.3, -0.25) is 4.98 Å². The Labute approximate surface area is 277 Å². The summed E-state index contributed by atoms with van der Waals surface area (Å²) in [7, 11) is 5.14. The van der Waals surface area contributed by atoms with Crippen LogP contribution in [-0.4, -0.2) is 84.5 Å². The number of amides is 1. The number of nitrogens with zero attached hydrogens (tertiary/aromatic N) is 6. The second kappa shape index (κ2) is 13.5. The summed E-state index contributed by atoms with van der Waals surface area (Å²) in [5.74, 6) is 0.634. The van der Waals surface area contributed by atoms with Crippen LogP contribution in [0, 0.1) is 6.92 Å². The number of anilines is 6. The number of pyridine rings is 1. The van der Waals surface area contributed by atoms with Crippen molar-refractivity contribution in [1.29, 1.82) is 0 Å². The lowest BCUT2D eigenvalue weighted by atomic mass is 9.91. The molecule has 13 heteroatoms. The van der Waals surface area contributed by atoms with Crippen LogP contribution >= 0.6 is 0 Å². The second-order valence-corrected chi connectivity index (χ2v) is 13.7. The summed E-state index contributed by atoms with van der Waals surface area (Å²) in [6.45, 7) is 16.8. The van der Waals surface area contributed by atoms with E-state index in [1.165, 1.54) is 11.1 Å². The van der Waals surface area contributed by atoms with Crippen molar-refractivity contribution in [3.63, 3.8) is 0 Å². The zero-order valence-corrected chi connectivity index (χ0v) is 29.4. The lowest BCUT2D eigenvalue weighted by molar-refractivity contribution is 0.0302. The number of benzene rings is 1. The minimum atomic E-state index is -0.577. The van der Waals surface area contributed by atoms with Gasteiger partial charge in [0.15, 0.2) is 5.82 Å². The number of nitrogen functional groups attached to an aromatic ring is 1. The Balaban J connectivity index is 1.64. The molecule has 3 aromatic rings. The number of nitrogens with two attached hydrogens (primary N) is 1. The molecule has 13 nitrogen and oxygen atoms in total. The van der Waals surface area contributed by atoms with Gasteiger partial charge in [0.1, 0.15) is 16.9 Å². The van der Waals surface area contributed by atoms with Crippen molar-refractivity contribution in [2.45, 2.75) is 72.5 Å². The number of aryl methyl sites for hydroxylation is 1. The maximum atomic E-state index is 13.2. The molecule has 1 aliphatic heterocycles. The molecule has 0 saturated carbocycles. The van der Waals surface area contributed by atoms with Gasteiger partial charge in [0.25, 0.3) is 0 Å². The Morgan fingerprint density at radius 3 is 2.47 bits per heavy atom. The summed E-state index contributed by atoms with van der Waals surface area (Å²) in [6, 6.07) is 7.51. The third-order valence-electron chi connectivity index (χ3n) is 7.57. The summed E-state index contributed by atoms with van der Waals surface area (Å²) in [4.78, 5) is 45.2. The van der Waals surface area contributed by atoms with Gasteiger partial charge < -0.3 is 40.0 Å². The number of carbonyl (C=O) groups excluding carboxylic acids is 2. The smallest absolute Gasteiger partial charge is 0.410 e. The van der Waals surface area contributed by atoms with Crippen molar-refractivity contribution in [1.82, 2.24) is 19.9 Å². The number of fused-ring (bicyclic) bond motifs is 1. The van der Waals surface area contributed by atoms with E-state index in [2.05, 4.69) is 24.1 Å². The third-order valence-corrected chi connectivity index (χ3v) is 7.57. The highest BCUT2D eigenvalue weighted by molar-refractivity contribution is 5.96. The minimum Gasteiger partial charge on any atom is -0.494 e. The van der Waals surface area contributed by atoms with Crippen molar-refractivity contribution < 1.29 is 23.8 Å². The Morgan fingerprint density at radius 2 is 1.83 bits per heavy atom. The number of ether oxygens (including phenoxy) is 3. The first-order chi connectivity index (χ1) is 21.9. The standard InChI is InChI=1S/C34H48N8O5/c1-20(2)46-30(43)22-18-36-31(39-29(22)42-19-34(7,8)28-25(42)13-12-21(3)37-28)38-24-16-23(35)26(17-27(24)45-11)40(9)14-15-41(10)32(44)47-33(4,5)6/h12-13,16-18,20H,14-15,19,35H2,1-11H3,(H,36,38,39). The molecule has 3 N–H and O–H groups in total. The summed E-state index contributed by atoms with van der Waals surface area (Å²) in [6.07, 6.45) is 0.758. The van der Waals surface area contributed by atoms with Crippen LogP contribution in [0.5, 0.6) is 5.75 Å². The summed E-state index contributed by atoms with van der Waals surface area (Å²) in [5, 5.41) is 3.23. The Hall–Kier alpha value is -4.81. The molecule has 3 heterocycles. The van der Waals surface area contributed by atoms with Crippen molar-refractivity contribution in [2.24, 2.45) is 0 Å². The predicted molar refractivity (Wildman–Crippen MR) is 184 cm³/mol. The molecule has 4 rings (SSSR count). The fraction of sp³-hybridized carbons (Fsp3) is 0.500. The molecule has 0 spiro atoms. The molecule has 254 valence electrons. The quantitative estimate of drug-likeness (QED) is 0.202. The zero-order chi connectivity index (χ0) is 34.8. The lowest BCUT2D eigenvalue weighted by Gasteiger charge is -2.28. The molecular weight excluding hydrogens is 600 g/mol. The number of nitrogens with one attached hydrogen (secondary N) is 1. The zero-order valence-electron chi connectivity index (χ0n) is 29.4. The van der Waals surface area contributed by atoms with Crippen LogP contribution in [0.1, 0.15) is 70.2 Å². The molecule has 1 amide bonds. The van der Waals surface area contributed by atoms with E-state index < -0.39 is 17.7 Å². The molecule has 2 aromatic heterocycles. The van der Waals surface area contributed by atoms with Gasteiger partial charge in [0.05, 0.1) is 41.7 Å². The van der Waals surface area contributed by atoms with E-state index in [1.807, 2.05) is 62.7 Å². The number of methoxy groups -OCH3 is 1. The van der Waals surface area contributed by atoms with Crippen LogP contribution in [0.15, 0.2) is 30.5 Å². The van der Waals surface area contributed by atoms with Crippen LogP contribution < -0.4 is 25.6 Å². The average Bonchev–Trinajstić information content (AvgIpc) is 3.24. The van der Waals surface area contributed by atoms with E-state index in [0.29, 0.717) is 42.6 Å². The Kier molecular flexibility index (Phi) is 10.1. The number of rotatable bonds is 10. The van der Waals surface area contributed by atoms with Gasteiger partial charge in [-0.15, -0.1) is 0 Å². The SMILES string of the molecule is COc1cc(N(C)CCN(C)C(=O)OC(C)(C)C)c(N)cc1Nc1ncc(C(=O)OC(C)C)c(N2CC(C)(C)c3nc(C)ccc32)n1. The maximum absolute atomic E-state index is 13.2. The largest absolute Gasteiger partial charge is 0.494 e. The average molecular weight is 649 g/mol. The highest BCUT2D eigenvalue weighted by Gasteiger charge is 2.39. The molecule has 1 aromatic carbocycles. The first-order valence-electron chi connectivity index (χ1n) is 15.6. The molecule has 0 saturated heterocycles. The second-order valence-electron chi connectivity index (χ2n) is 13.7.